The fourth-order valence-corrected chi connectivity index (χ4v) is 2.52. The van der Waals surface area contributed by atoms with E-state index < -0.39 is 0 Å². The van der Waals surface area contributed by atoms with E-state index in [9.17, 15) is 0 Å². The highest BCUT2D eigenvalue weighted by Gasteiger charge is 2.19. The third kappa shape index (κ3) is 4.14. The molecule has 1 unspecified atom stereocenters. The molecule has 2 aromatic heterocycles. The lowest BCUT2D eigenvalue weighted by molar-refractivity contribution is 0.546. The molecule has 0 spiro atoms. The van der Waals surface area contributed by atoms with Crippen LogP contribution >= 0.6 is 11.3 Å². The van der Waals surface area contributed by atoms with Crippen LogP contribution in [-0.4, -0.2) is 28.5 Å². The molecule has 1 atom stereocenters. The minimum Gasteiger partial charge on any atom is -0.373 e. The largest absolute Gasteiger partial charge is 0.373 e. The average molecular weight is 305 g/mol. The Kier molecular flexibility index (Phi) is 4.77. The summed E-state index contributed by atoms with van der Waals surface area (Å²) in [6, 6.07) is 1.93. The Balaban J connectivity index is 2.12. The molecule has 2 heterocycles. The molecule has 0 aromatic carbocycles. The molecule has 114 valence electrons. The van der Waals surface area contributed by atoms with Crippen LogP contribution in [0.3, 0.4) is 0 Å². The summed E-state index contributed by atoms with van der Waals surface area (Å²) < 4.78 is 0. The standard InChI is InChI=1S/C15H23N5S/c1-10(13-17-6-7-21-13)9-18-12-8-11(16-5)19-14(20-12)15(2,3)4/h6-8,10H,9H2,1-5H3,(H2,16,18,19,20). The lowest BCUT2D eigenvalue weighted by Gasteiger charge is -2.19. The van der Waals surface area contributed by atoms with E-state index >= 15 is 0 Å². The number of rotatable bonds is 5. The number of nitrogens with one attached hydrogen (secondary N) is 2. The number of aromatic nitrogens is 3. The van der Waals surface area contributed by atoms with Gasteiger partial charge < -0.3 is 10.6 Å². The molecule has 0 saturated heterocycles. The Morgan fingerprint density at radius 2 is 1.95 bits per heavy atom. The molecule has 0 radical (unpaired) electrons. The molecule has 0 aliphatic carbocycles. The van der Waals surface area contributed by atoms with Crippen molar-refractivity contribution in [3.05, 3.63) is 28.5 Å². The maximum atomic E-state index is 4.63. The zero-order valence-electron chi connectivity index (χ0n) is 13.3. The van der Waals surface area contributed by atoms with Crippen LogP contribution in [0, 0.1) is 0 Å². The van der Waals surface area contributed by atoms with E-state index in [0.717, 1.165) is 29.0 Å². The third-order valence-corrected chi connectivity index (χ3v) is 4.12. The highest BCUT2D eigenvalue weighted by molar-refractivity contribution is 7.09. The summed E-state index contributed by atoms with van der Waals surface area (Å²) in [5, 5.41) is 9.64. The van der Waals surface area contributed by atoms with Crippen molar-refractivity contribution in [2.75, 3.05) is 24.2 Å². The van der Waals surface area contributed by atoms with Crippen molar-refractivity contribution in [2.45, 2.75) is 39.0 Å². The minimum absolute atomic E-state index is 0.0792. The zero-order valence-corrected chi connectivity index (χ0v) is 14.1. The third-order valence-electron chi connectivity index (χ3n) is 3.12. The maximum Gasteiger partial charge on any atom is 0.138 e. The first-order valence-electron chi connectivity index (χ1n) is 7.10. The number of hydrogen-bond donors (Lipinski definition) is 2. The van der Waals surface area contributed by atoms with Gasteiger partial charge in [0.15, 0.2) is 0 Å². The average Bonchev–Trinajstić information content (AvgIpc) is 2.97. The van der Waals surface area contributed by atoms with Crippen molar-refractivity contribution in [1.29, 1.82) is 0 Å². The molecule has 2 aromatic rings. The van der Waals surface area contributed by atoms with Crippen molar-refractivity contribution >= 4 is 23.0 Å². The smallest absolute Gasteiger partial charge is 0.138 e. The van der Waals surface area contributed by atoms with Crippen molar-refractivity contribution < 1.29 is 0 Å². The molecule has 0 amide bonds. The van der Waals surface area contributed by atoms with Crippen molar-refractivity contribution in [2.24, 2.45) is 0 Å². The minimum atomic E-state index is -0.0792. The van der Waals surface area contributed by atoms with Gasteiger partial charge in [0.25, 0.3) is 0 Å². The van der Waals surface area contributed by atoms with Gasteiger partial charge >= 0.3 is 0 Å². The topological polar surface area (TPSA) is 62.7 Å². The predicted molar refractivity (Wildman–Crippen MR) is 89.3 cm³/mol. The first-order valence-corrected chi connectivity index (χ1v) is 7.98. The van der Waals surface area contributed by atoms with Crippen molar-refractivity contribution in [3.8, 4) is 0 Å². The molecule has 0 aliphatic heterocycles. The zero-order chi connectivity index (χ0) is 15.5. The Hall–Kier alpha value is -1.69. The SMILES string of the molecule is CNc1cc(NCC(C)c2nccs2)nc(C(C)(C)C)n1. The van der Waals surface area contributed by atoms with Gasteiger partial charge in [-0.25, -0.2) is 15.0 Å². The first kappa shape index (κ1) is 15.7. The van der Waals surface area contributed by atoms with Crippen LogP contribution in [0.4, 0.5) is 11.6 Å². The second kappa shape index (κ2) is 6.39. The molecular formula is C15H23N5S. The summed E-state index contributed by atoms with van der Waals surface area (Å²) in [4.78, 5) is 13.5. The van der Waals surface area contributed by atoms with Gasteiger partial charge in [-0.2, -0.15) is 0 Å². The Morgan fingerprint density at radius 3 is 2.52 bits per heavy atom. The highest BCUT2D eigenvalue weighted by Crippen LogP contribution is 2.23. The quantitative estimate of drug-likeness (QED) is 0.885. The van der Waals surface area contributed by atoms with E-state index in [1.54, 1.807) is 11.3 Å². The van der Waals surface area contributed by atoms with Gasteiger partial charge in [-0.05, 0) is 0 Å². The molecule has 2 N–H and O–H groups in total. The van der Waals surface area contributed by atoms with Gasteiger partial charge in [-0.1, -0.05) is 27.7 Å². The van der Waals surface area contributed by atoms with Gasteiger partial charge in [0, 0.05) is 42.6 Å². The molecule has 6 heteroatoms. The van der Waals surface area contributed by atoms with E-state index in [4.69, 9.17) is 0 Å². The number of hydrogen-bond acceptors (Lipinski definition) is 6. The summed E-state index contributed by atoms with van der Waals surface area (Å²) in [6.07, 6.45) is 1.85. The molecule has 0 saturated carbocycles. The fourth-order valence-electron chi connectivity index (χ4n) is 1.82. The van der Waals surface area contributed by atoms with E-state index in [2.05, 4.69) is 53.3 Å². The van der Waals surface area contributed by atoms with Crippen LogP contribution in [0.15, 0.2) is 17.6 Å². The molecule has 21 heavy (non-hydrogen) atoms. The molecule has 0 aliphatic rings. The van der Waals surface area contributed by atoms with E-state index in [-0.39, 0.29) is 5.41 Å². The van der Waals surface area contributed by atoms with Gasteiger partial charge in [0.1, 0.15) is 17.5 Å². The normalized spacial score (nSPS) is 13.0. The van der Waals surface area contributed by atoms with Crippen LogP contribution in [0.25, 0.3) is 0 Å². The predicted octanol–water partition coefficient (Wildman–Crippen LogP) is 3.49. The van der Waals surface area contributed by atoms with Crippen LogP contribution in [-0.2, 0) is 5.41 Å². The second-order valence-corrected chi connectivity index (χ2v) is 7.04. The van der Waals surface area contributed by atoms with Crippen LogP contribution in [0.5, 0.6) is 0 Å². The van der Waals surface area contributed by atoms with Gasteiger partial charge in [-0.15, -0.1) is 11.3 Å². The van der Waals surface area contributed by atoms with Crippen LogP contribution in [0.1, 0.15) is 44.4 Å². The van der Waals surface area contributed by atoms with Gasteiger partial charge in [-0.3, -0.25) is 0 Å². The second-order valence-electron chi connectivity index (χ2n) is 6.11. The summed E-state index contributed by atoms with van der Waals surface area (Å²) >= 11 is 1.69. The van der Waals surface area contributed by atoms with E-state index in [0.29, 0.717) is 5.92 Å². The van der Waals surface area contributed by atoms with Crippen LogP contribution < -0.4 is 10.6 Å². The lowest BCUT2D eigenvalue weighted by Crippen LogP contribution is -2.19. The van der Waals surface area contributed by atoms with Crippen molar-refractivity contribution in [1.82, 2.24) is 15.0 Å². The molecule has 2 rings (SSSR count). The number of anilines is 2. The maximum absolute atomic E-state index is 4.63. The molecular weight excluding hydrogens is 282 g/mol. The Labute approximate surface area is 130 Å². The number of nitrogens with zero attached hydrogens (tertiary/aromatic N) is 3. The summed E-state index contributed by atoms with van der Waals surface area (Å²) in [6.45, 7) is 9.31. The summed E-state index contributed by atoms with van der Waals surface area (Å²) in [5.74, 6) is 2.87. The van der Waals surface area contributed by atoms with E-state index in [1.807, 2.05) is 24.7 Å². The lowest BCUT2D eigenvalue weighted by atomic mass is 9.96. The fraction of sp³-hybridized carbons (Fsp3) is 0.533. The summed E-state index contributed by atoms with van der Waals surface area (Å²) in [7, 11) is 1.87. The van der Waals surface area contributed by atoms with Gasteiger partial charge in [0.2, 0.25) is 0 Å². The Bertz CT molecular complexity index is 574. The Morgan fingerprint density at radius 1 is 1.24 bits per heavy atom. The van der Waals surface area contributed by atoms with Gasteiger partial charge in [0.05, 0.1) is 5.01 Å². The highest BCUT2D eigenvalue weighted by atomic mass is 32.1. The molecule has 0 fully saturated rings. The first-order chi connectivity index (χ1) is 9.90. The van der Waals surface area contributed by atoms with Crippen molar-refractivity contribution in [3.63, 3.8) is 0 Å². The molecule has 5 nitrogen and oxygen atoms in total. The van der Waals surface area contributed by atoms with E-state index in [1.165, 1.54) is 0 Å². The number of thiazole rings is 1. The van der Waals surface area contributed by atoms with Crippen LogP contribution in [0.2, 0.25) is 0 Å². The summed E-state index contributed by atoms with van der Waals surface area (Å²) in [5.41, 5.74) is -0.0792. The monoisotopic (exact) mass is 305 g/mol. The molecule has 0 bridgehead atoms.